The van der Waals surface area contributed by atoms with Crippen LogP contribution in [0.25, 0.3) is 0 Å². The summed E-state index contributed by atoms with van der Waals surface area (Å²) in [6.07, 6.45) is 0.510. The van der Waals surface area contributed by atoms with Crippen LogP contribution in [0.2, 0.25) is 5.02 Å². The average Bonchev–Trinajstić information content (AvgIpc) is 2.35. The van der Waals surface area contributed by atoms with E-state index in [0.717, 1.165) is 5.56 Å². The van der Waals surface area contributed by atoms with Gasteiger partial charge in [0.1, 0.15) is 0 Å². The van der Waals surface area contributed by atoms with Gasteiger partial charge in [-0.25, -0.2) is 10.8 Å². The predicted molar refractivity (Wildman–Crippen MR) is 71.7 cm³/mol. The lowest BCUT2D eigenvalue weighted by Crippen LogP contribution is -2.21. The SMILES string of the molecule is Cc1nc(NN)[nH]c(=O)c1Cc1ccc(Cl)cc1. The summed E-state index contributed by atoms with van der Waals surface area (Å²) >= 11 is 5.81. The Morgan fingerprint density at radius 1 is 1.39 bits per heavy atom. The van der Waals surface area contributed by atoms with E-state index < -0.39 is 0 Å². The van der Waals surface area contributed by atoms with Gasteiger partial charge in [0.05, 0.1) is 5.69 Å². The summed E-state index contributed by atoms with van der Waals surface area (Å²) in [5.41, 5.74) is 4.41. The van der Waals surface area contributed by atoms with Gasteiger partial charge in [-0.2, -0.15) is 0 Å². The van der Waals surface area contributed by atoms with Crippen LogP contribution in [0.1, 0.15) is 16.8 Å². The molecule has 0 saturated carbocycles. The molecule has 5 nitrogen and oxygen atoms in total. The molecule has 1 aromatic heterocycles. The van der Waals surface area contributed by atoms with Crippen molar-refractivity contribution in [3.05, 3.63) is 56.5 Å². The fourth-order valence-electron chi connectivity index (χ4n) is 1.69. The maximum absolute atomic E-state index is 11.9. The average molecular weight is 265 g/mol. The predicted octanol–water partition coefficient (Wildman–Crippen LogP) is 1.61. The molecule has 2 rings (SSSR count). The molecule has 1 aromatic carbocycles. The first-order valence-corrected chi connectivity index (χ1v) is 5.79. The number of H-pyrrole nitrogens is 1. The molecule has 0 amide bonds. The molecule has 0 saturated heterocycles. The van der Waals surface area contributed by atoms with Crippen LogP contribution >= 0.6 is 11.6 Å². The van der Waals surface area contributed by atoms with Crippen LogP contribution in [0.4, 0.5) is 5.95 Å². The number of nitrogens with zero attached hydrogens (tertiary/aromatic N) is 1. The molecule has 6 heteroatoms. The van der Waals surface area contributed by atoms with E-state index in [1.165, 1.54) is 0 Å². The van der Waals surface area contributed by atoms with Crippen LogP contribution in [0.15, 0.2) is 29.1 Å². The van der Waals surface area contributed by atoms with Gasteiger partial charge in [-0.3, -0.25) is 15.2 Å². The number of hydrogen-bond acceptors (Lipinski definition) is 4. The van der Waals surface area contributed by atoms with E-state index >= 15 is 0 Å². The maximum atomic E-state index is 11.9. The standard InChI is InChI=1S/C12H13ClN4O/c1-7-10(11(18)16-12(15-7)17-14)6-8-2-4-9(13)5-3-8/h2-5H,6,14H2,1H3,(H2,15,16,17,18). The summed E-state index contributed by atoms with van der Waals surface area (Å²) in [7, 11) is 0. The lowest BCUT2D eigenvalue weighted by Gasteiger charge is -2.06. The summed E-state index contributed by atoms with van der Waals surface area (Å²) < 4.78 is 0. The Labute approximate surface area is 109 Å². The Morgan fingerprint density at radius 2 is 2.06 bits per heavy atom. The van der Waals surface area contributed by atoms with E-state index in [4.69, 9.17) is 17.4 Å². The molecule has 0 atom stereocenters. The first kappa shape index (κ1) is 12.6. The van der Waals surface area contributed by atoms with Crippen molar-refractivity contribution in [2.24, 2.45) is 5.84 Å². The first-order chi connectivity index (χ1) is 8.60. The van der Waals surface area contributed by atoms with Crippen LogP contribution in [0, 0.1) is 6.92 Å². The van der Waals surface area contributed by atoms with Gasteiger partial charge in [-0.05, 0) is 24.6 Å². The third-order valence-corrected chi connectivity index (χ3v) is 2.91. The molecule has 0 radical (unpaired) electrons. The molecule has 18 heavy (non-hydrogen) atoms. The Hall–Kier alpha value is -1.85. The number of nitrogens with one attached hydrogen (secondary N) is 2. The fourth-order valence-corrected chi connectivity index (χ4v) is 1.82. The number of halogens is 1. The first-order valence-electron chi connectivity index (χ1n) is 5.41. The Kier molecular flexibility index (Phi) is 3.64. The van der Waals surface area contributed by atoms with E-state index in [2.05, 4.69) is 15.4 Å². The Morgan fingerprint density at radius 3 is 2.61 bits per heavy atom. The number of benzene rings is 1. The number of nitrogens with two attached hydrogens (primary N) is 1. The van der Waals surface area contributed by atoms with E-state index in [1.807, 2.05) is 12.1 Å². The molecule has 0 unspecified atom stereocenters. The quantitative estimate of drug-likeness (QED) is 0.581. The van der Waals surface area contributed by atoms with Gasteiger partial charge in [0.25, 0.3) is 5.56 Å². The van der Waals surface area contributed by atoms with Gasteiger partial charge >= 0.3 is 0 Å². The van der Waals surface area contributed by atoms with Crippen molar-refractivity contribution in [1.82, 2.24) is 9.97 Å². The van der Waals surface area contributed by atoms with Crippen molar-refractivity contribution in [1.29, 1.82) is 0 Å². The van der Waals surface area contributed by atoms with Gasteiger partial charge in [0.15, 0.2) is 0 Å². The zero-order valence-electron chi connectivity index (χ0n) is 9.83. The van der Waals surface area contributed by atoms with Crippen molar-refractivity contribution in [2.75, 3.05) is 5.43 Å². The highest BCUT2D eigenvalue weighted by Gasteiger charge is 2.08. The maximum Gasteiger partial charge on any atom is 0.256 e. The summed E-state index contributed by atoms with van der Waals surface area (Å²) in [4.78, 5) is 18.6. The number of rotatable bonds is 3. The van der Waals surface area contributed by atoms with E-state index in [-0.39, 0.29) is 11.5 Å². The number of anilines is 1. The zero-order chi connectivity index (χ0) is 13.1. The molecular weight excluding hydrogens is 252 g/mol. The van der Waals surface area contributed by atoms with Gasteiger partial charge in [0.2, 0.25) is 5.95 Å². The van der Waals surface area contributed by atoms with Gasteiger partial charge < -0.3 is 0 Å². The highest BCUT2D eigenvalue weighted by molar-refractivity contribution is 6.30. The normalized spacial score (nSPS) is 10.4. The Balaban J connectivity index is 2.35. The third-order valence-electron chi connectivity index (χ3n) is 2.65. The summed E-state index contributed by atoms with van der Waals surface area (Å²) in [6.45, 7) is 1.78. The van der Waals surface area contributed by atoms with Gasteiger partial charge in [0, 0.05) is 17.0 Å². The second-order valence-corrected chi connectivity index (χ2v) is 4.36. The highest BCUT2D eigenvalue weighted by Crippen LogP contribution is 2.13. The number of hydrazine groups is 1. The molecule has 4 N–H and O–H groups in total. The van der Waals surface area contributed by atoms with E-state index in [0.29, 0.717) is 22.7 Å². The summed E-state index contributed by atoms with van der Waals surface area (Å²) in [5.74, 6) is 5.47. The van der Waals surface area contributed by atoms with Gasteiger partial charge in [-0.1, -0.05) is 23.7 Å². The molecule has 0 bridgehead atoms. The molecular formula is C12H13ClN4O. The van der Waals surface area contributed by atoms with Crippen molar-refractivity contribution >= 4 is 17.5 Å². The van der Waals surface area contributed by atoms with Crippen molar-refractivity contribution in [3.63, 3.8) is 0 Å². The van der Waals surface area contributed by atoms with Crippen LogP contribution in [-0.2, 0) is 6.42 Å². The van der Waals surface area contributed by atoms with Crippen molar-refractivity contribution < 1.29 is 0 Å². The third kappa shape index (κ3) is 2.69. The molecule has 94 valence electrons. The topological polar surface area (TPSA) is 83.8 Å². The monoisotopic (exact) mass is 264 g/mol. The molecule has 0 spiro atoms. The van der Waals surface area contributed by atoms with Crippen LogP contribution in [0.5, 0.6) is 0 Å². The zero-order valence-corrected chi connectivity index (χ0v) is 10.6. The fraction of sp³-hybridized carbons (Fsp3) is 0.167. The van der Waals surface area contributed by atoms with Crippen LogP contribution in [0.3, 0.4) is 0 Å². The molecule has 1 heterocycles. The number of aromatic amines is 1. The minimum atomic E-state index is -0.189. The second-order valence-electron chi connectivity index (χ2n) is 3.93. The van der Waals surface area contributed by atoms with E-state index in [1.54, 1.807) is 19.1 Å². The van der Waals surface area contributed by atoms with Crippen LogP contribution < -0.4 is 16.8 Å². The molecule has 2 aromatic rings. The number of aryl methyl sites for hydroxylation is 1. The molecule has 0 aliphatic heterocycles. The highest BCUT2D eigenvalue weighted by atomic mass is 35.5. The Bertz CT molecular complexity index is 606. The van der Waals surface area contributed by atoms with Gasteiger partial charge in [-0.15, -0.1) is 0 Å². The summed E-state index contributed by atoms with van der Waals surface area (Å²) in [6, 6.07) is 7.36. The molecule has 0 aliphatic rings. The minimum absolute atomic E-state index is 0.189. The number of aromatic nitrogens is 2. The lowest BCUT2D eigenvalue weighted by molar-refractivity contribution is 0.972. The molecule has 0 fully saturated rings. The number of hydrogen-bond donors (Lipinski definition) is 3. The van der Waals surface area contributed by atoms with E-state index in [9.17, 15) is 4.79 Å². The minimum Gasteiger partial charge on any atom is -0.294 e. The lowest BCUT2D eigenvalue weighted by atomic mass is 10.1. The second kappa shape index (κ2) is 5.20. The van der Waals surface area contributed by atoms with Crippen LogP contribution in [-0.4, -0.2) is 9.97 Å². The van der Waals surface area contributed by atoms with Crippen molar-refractivity contribution in [3.8, 4) is 0 Å². The summed E-state index contributed by atoms with van der Waals surface area (Å²) in [5, 5.41) is 0.671. The molecule has 0 aliphatic carbocycles. The smallest absolute Gasteiger partial charge is 0.256 e. The van der Waals surface area contributed by atoms with Crippen molar-refractivity contribution in [2.45, 2.75) is 13.3 Å². The number of nitrogen functional groups attached to an aromatic ring is 1. The largest absolute Gasteiger partial charge is 0.294 e.